The van der Waals surface area contributed by atoms with E-state index < -0.39 is 16.7 Å². The van der Waals surface area contributed by atoms with Crippen molar-refractivity contribution in [3.63, 3.8) is 0 Å². The van der Waals surface area contributed by atoms with Gasteiger partial charge in [0.25, 0.3) is 17.5 Å². The van der Waals surface area contributed by atoms with Gasteiger partial charge in [0.15, 0.2) is 0 Å². The molecule has 0 bridgehead atoms. The van der Waals surface area contributed by atoms with Crippen molar-refractivity contribution in [2.45, 2.75) is 6.92 Å². The van der Waals surface area contributed by atoms with Gasteiger partial charge in [-0.25, -0.2) is 5.43 Å². The van der Waals surface area contributed by atoms with Gasteiger partial charge >= 0.3 is 0 Å². The summed E-state index contributed by atoms with van der Waals surface area (Å²) in [5.41, 5.74) is 4.76. The van der Waals surface area contributed by atoms with Crippen LogP contribution in [0.25, 0.3) is 6.08 Å². The molecule has 0 atom stereocenters. The van der Waals surface area contributed by atoms with Crippen molar-refractivity contribution in [3.05, 3.63) is 129 Å². The average molecular weight is 454 g/mol. The second kappa shape index (κ2) is 11.7. The van der Waals surface area contributed by atoms with Crippen LogP contribution in [0, 0.1) is 10.1 Å². The summed E-state index contributed by atoms with van der Waals surface area (Å²) in [5, 5.41) is 17.4. The molecule has 8 nitrogen and oxygen atoms in total. The van der Waals surface area contributed by atoms with Crippen molar-refractivity contribution < 1.29 is 14.5 Å². The minimum absolute atomic E-state index is 0.00488. The second-order valence-electron chi connectivity index (χ2n) is 7.23. The van der Waals surface area contributed by atoms with Crippen molar-refractivity contribution in [3.8, 4) is 0 Å². The third-order valence-electron chi connectivity index (χ3n) is 4.56. The molecule has 0 unspecified atom stereocenters. The number of benzene rings is 3. The molecule has 0 radical (unpaired) electrons. The van der Waals surface area contributed by atoms with E-state index in [1.807, 2.05) is 36.4 Å². The number of hydrazone groups is 1. The van der Waals surface area contributed by atoms with Crippen LogP contribution in [0.2, 0.25) is 0 Å². The van der Waals surface area contributed by atoms with E-state index in [4.69, 9.17) is 0 Å². The summed E-state index contributed by atoms with van der Waals surface area (Å²) >= 11 is 0. The minimum Gasteiger partial charge on any atom is -0.317 e. The van der Waals surface area contributed by atoms with Gasteiger partial charge in [0.2, 0.25) is 0 Å². The molecule has 3 aromatic rings. The molecule has 0 aliphatic heterocycles. The molecule has 0 heterocycles. The van der Waals surface area contributed by atoms with Crippen molar-refractivity contribution >= 4 is 29.8 Å². The van der Waals surface area contributed by atoms with Crippen molar-refractivity contribution in [1.29, 1.82) is 0 Å². The Kier molecular flexibility index (Phi) is 8.18. The fourth-order valence-electron chi connectivity index (χ4n) is 2.97. The van der Waals surface area contributed by atoms with E-state index in [0.717, 1.165) is 11.1 Å². The van der Waals surface area contributed by atoms with Gasteiger partial charge in [0.1, 0.15) is 5.70 Å². The zero-order chi connectivity index (χ0) is 24.3. The third kappa shape index (κ3) is 7.10. The number of nitro benzene ring substituents is 1. The number of non-ortho nitro benzene ring substituents is 1. The maximum atomic E-state index is 12.8. The first-order valence-corrected chi connectivity index (χ1v) is 10.3. The van der Waals surface area contributed by atoms with Crippen LogP contribution in [0.5, 0.6) is 0 Å². The average Bonchev–Trinajstić information content (AvgIpc) is 2.84. The van der Waals surface area contributed by atoms with E-state index in [1.54, 1.807) is 49.4 Å². The number of allylic oxidation sites excluding steroid dienone is 2. The van der Waals surface area contributed by atoms with Crippen molar-refractivity contribution in [1.82, 2.24) is 10.7 Å². The Labute approximate surface area is 196 Å². The Bertz CT molecular complexity index is 1270. The predicted octanol–water partition coefficient (Wildman–Crippen LogP) is 4.46. The number of rotatable bonds is 8. The lowest BCUT2D eigenvalue weighted by molar-refractivity contribution is -0.384. The third-order valence-corrected chi connectivity index (χ3v) is 4.56. The molecule has 3 aromatic carbocycles. The summed E-state index contributed by atoms with van der Waals surface area (Å²) in [6.45, 7) is 1.81. The van der Waals surface area contributed by atoms with Gasteiger partial charge in [0, 0.05) is 23.3 Å². The summed E-state index contributed by atoms with van der Waals surface area (Å²) in [6, 6.07) is 23.9. The first-order chi connectivity index (χ1) is 16.4. The number of amides is 2. The number of nitrogens with zero attached hydrogens (tertiary/aromatic N) is 2. The summed E-state index contributed by atoms with van der Waals surface area (Å²) in [5.74, 6) is -1.09. The largest absolute Gasteiger partial charge is 0.317 e. The molecule has 8 heteroatoms. The Morgan fingerprint density at radius 2 is 1.56 bits per heavy atom. The molecule has 0 fully saturated rings. The zero-order valence-corrected chi connectivity index (χ0v) is 18.3. The fraction of sp³-hybridized carbons (Fsp3) is 0.0385. The van der Waals surface area contributed by atoms with Crippen LogP contribution < -0.4 is 10.7 Å². The van der Waals surface area contributed by atoms with Crippen LogP contribution in [0.15, 0.2) is 107 Å². The summed E-state index contributed by atoms with van der Waals surface area (Å²) in [6.07, 6.45) is 4.70. The lowest BCUT2D eigenvalue weighted by Gasteiger charge is -2.09. The number of carbonyl (C=O) groups excluding carboxylic acids is 2. The zero-order valence-electron chi connectivity index (χ0n) is 18.3. The highest BCUT2D eigenvalue weighted by Crippen LogP contribution is 2.12. The maximum absolute atomic E-state index is 12.8. The lowest BCUT2D eigenvalue weighted by atomic mass is 10.1. The van der Waals surface area contributed by atoms with Crippen molar-refractivity contribution in [2.75, 3.05) is 0 Å². The standard InChI is InChI=1S/C26H22N4O4/c1-19(15-20-9-4-2-5-10-20)16-24(28-25(31)22-12-6-3-7-13-22)26(32)29-27-18-21-11-8-14-23(17-21)30(33)34/h2-18H,1H3,(H,28,31)(H,29,32)/b19-15+,24-16-,27-18-. The van der Waals surface area contributed by atoms with E-state index in [-0.39, 0.29) is 11.4 Å². The molecule has 0 aliphatic carbocycles. The molecule has 3 rings (SSSR count). The molecule has 34 heavy (non-hydrogen) atoms. The van der Waals surface area contributed by atoms with E-state index in [0.29, 0.717) is 11.1 Å². The molecule has 0 spiro atoms. The lowest BCUT2D eigenvalue weighted by Crippen LogP contribution is -2.33. The van der Waals surface area contributed by atoms with Gasteiger partial charge in [-0.3, -0.25) is 19.7 Å². The summed E-state index contributed by atoms with van der Waals surface area (Å²) in [7, 11) is 0. The summed E-state index contributed by atoms with van der Waals surface area (Å²) in [4.78, 5) is 35.9. The van der Waals surface area contributed by atoms with Gasteiger partial charge in [-0.1, -0.05) is 66.7 Å². The van der Waals surface area contributed by atoms with Gasteiger partial charge < -0.3 is 5.32 Å². The quantitative estimate of drug-likeness (QED) is 0.172. The number of hydrogen-bond acceptors (Lipinski definition) is 5. The number of carbonyl (C=O) groups is 2. The number of nitro groups is 1. The Balaban J connectivity index is 1.81. The van der Waals surface area contributed by atoms with Gasteiger partial charge in [0.05, 0.1) is 11.1 Å². The minimum atomic E-state index is -0.647. The van der Waals surface area contributed by atoms with E-state index >= 15 is 0 Å². The molecular formula is C26H22N4O4. The Morgan fingerprint density at radius 1 is 0.912 bits per heavy atom. The monoisotopic (exact) mass is 454 g/mol. The SMILES string of the molecule is CC(/C=C(\NC(=O)c1ccccc1)C(=O)N/N=C\c1cccc([N+](=O)[O-])c1)=C\c1ccccc1. The maximum Gasteiger partial charge on any atom is 0.287 e. The van der Waals surface area contributed by atoms with Crippen LogP contribution in [0.4, 0.5) is 5.69 Å². The van der Waals surface area contributed by atoms with Crippen LogP contribution in [-0.4, -0.2) is 23.0 Å². The summed E-state index contributed by atoms with van der Waals surface area (Å²) < 4.78 is 0. The highest BCUT2D eigenvalue weighted by molar-refractivity contribution is 6.03. The normalized spacial score (nSPS) is 11.8. The fourth-order valence-corrected chi connectivity index (χ4v) is 2.97. The predicted molar refractivity (Wildman–Crippen MR) is 131 cm³/mol. The molecule has 0 saturated carbocycles. The smallest absolute Gasteiger partial charge is 0.287 e. The Morgan fingerprint density at radius 3 is 2.24 bits per heavy atom. The van der Waals surface area contributed by atoms with E-state index in [1.165, 1.54) is 24.4 Å². The van der Waals surface area contributed by atoms with Gasteiger partial charge in [-0.15, -0.1) is 0 Å². The number of hydrogen-bond donors (Lipinski definition) is 2. The van der Waals surface area contributed by atoms with Crippen LogP contribution in [0.3, 0.4) is 0 Å². The van der Waals surface area contributed by atoms with E-state index in [2.05, 4.69) is 15.8 Å². The molecular weight excluding hydrogens is 432 g/mol. The highest BCUT2D eigenvalue weighted by Gasteiger charge is 2.14. The highest BCUT2D eigenvalue weighted by atomic mass is 16.6. The second-order valence-corrected chi connectivity index (χ2v) is 7.23. The van der Waals surface area contributed by atoms with Crippen LogP contribution in [0.1, 0.15) is 28.4 Å². The van der Waals surface area contributed by atoms with Crippen LogP contribution >= 0.6 is 0 Å². The molecule has 0 aliphatic rings. The Hall–Kier alpha value is -4.85. The molecule has 170 valence electrons. The molecule has 2 N–H and O–H groups in total. The number of nitrogens with one attached hydrogen (secondary N) is 2. The topological polar surface area (TPSA) is 114 Å². The van der Waals surface area contributed by atoms with Crippen molar-refractivity contribution in [2.24, 2.45) is 5.10 Å². The molecule has 2 amide bonds. The molecule has 0 aromatic heterocycles. The van der Waals surface area contributed by atoms with E-state index in [9.17, 15) is 19.7 Å². The first kappa shape index (κ1) is 23.8. The van der Waals surface area contributed by atoms with Crippen LogP contribution in [-0.2, 0) is 4.79 Å². The molecule has 0 saturated heterocycles. The van der Waals surface area contributed by atoms with Gasteiger partial charge in [-0.2, -0.15) is 5.10 Å². The first-order valence-electron chi connectivity index (χ1n) is 10.3. The van der Waals surface area contributed by atoms with Gasteiger partial charge in [-0.05, 0) is 36.3 Å².